The predicted molar refractivity (Wildman–Crippen MR) is 57.7 cm³/mol. The van der Waals surface area contributed by atoms with Gasteiger partial charge < -0.3 is 0 Å². The molecule has 0 heterocycles. The highest BCUT2D eigenvalue weighted by molar-refractivity contribution is 6.24. The molecule has 0 N–H and O–H groups in total. The van der Waals surface area contributed by atoms with Crippen molar-refractivity contribution < 1.29 is 13.2 Å². The third-order valence-corrected chi connectivity index (χ3v) is 3.72. The minimum Gasteiger partial charge on any atom is -0.169 e. The highest BCUT2D eigenvalue weighted by Crippen LogP contribution is 2.51. The fourth-order valence-corrected chi connectivity index (χ4v) is 2.54. The number of fused-ring (bicyclic) bond motifs is 1. The van der Waals surface area contributed by atoms with Crippen molar-refractivity contribution in [3.05, 3.63) is 34.9 Å². The van der Waals surface area contributed by atoms with Crippen molar-refractivity contribution in [2.45, 2.75) is 37.2 Å². The van der Waals surface area contributed by atoms with Crippen molar-refractivity contribution in [3.63, 3.8) is 0 Å². The maximum absolute atomic E-state index is 13.0. The van der Waals surface area contributed by atoms with Gasteiger partial charge in [0, 0.05) is 0 Å². The summed E-state index contributed by atoms with van der Waals surface area (Å²) in [6.07, 6.45) is -3.26. The van der Waals surface area contributed by atoms with Gasteiger partial charge in [-0.1, -0.05) is 23.8 Å². The van der Waals surface area contributed by atoms with E-state index >= 15 is 0 Å². The van der Waals surface area contributed by atoms with Crippen molar-refractivity contribution in [2.75, 3.05) is 0 Å². The molecule has 0 nitrogen and oxygen atoms in total. The molecule has 1 atom stereocenters. The van der Waals surface area contributed by atoms with Crippen LogP contribution in [0.1, 0.15) is 29.5 Å². The first-order valence-corrected chi connectivity index (χ1v) is 5.58. The first-order valence-electron chi connectivity index (χ1n) is 5.20. The summed E-state index contributed by atoms with van der Waals surface area (Å²) < 4.78 is 39.0. The van der Waals surface area contributed by atoms with Crippen molar-refractivity contribution in [3.8, 4) is 0 Å². The van der Waals surface area contributed by atoms with E-state index in [-0.39, 0.29) is 12.0 Å². The van der Waals surface area contributed by atoms with E-state index in [4.69, 9.17) is 11.6 Å². The van der Waals surface area contributed by atoms with E-state index in [9.17, 15) is 13.2 Å². The lowest BCUT2D eigenvalue weighted by Crippen LogP contribution is -2.40. The lowest BCUT2D eigenvalue weighted by atomic mass is 9.81. The van der Waals surface area contributed by atoms with Gasteiger partial charge in [0.05, 0.1) is 0 Å². The van der Waals surface area contributed by atoms with Gasteiger partial charge in [-0.3, -0.25) is 0 Å². The minimum atomic E-state index is -4.39. The van der Waals surface area contributed by atoms with Crippen LogP contribution in [-0.4, -0.2) is 6.18 Å². The molecule has 1 unspecified atom stereocenters. The Labute approximate surface area is 97.4 Å². The van der Waals surface area contributed by atoms with E-state index in [0.717, 1.165) is 11.1 Å². The summed E-state index contributed by atoms with van der Waals surface area (Å²) in [4.78, 5) is -2.19. The zero-order chi connectivity index (χ0) is 12.0. The predicted octanol–water partition coefficient (Wildman–Crippen LogP) is 4.33. The summed E-state index contributed by atoms with van der Waals surface area (Å²) in [6, 6.07) is 5.15. The van der Waals surface area contributed by atoms with E-state index in [0.29, 0.717) is 12.8 Å². The SMILES string of the molecule is Cc1ccc2c(c1)C(Cl)(C(F)(F)F)CCC2. The second-order valence-electron chi connectivity index (χ2n) is 4.31. The quantitative estimate of drug-likeness (QED) is 0.600. The number of rotatable bonds is 0. The molecule has 1 aromatic carbocycles. The molecule has 0 saturated heterocycles. The van der Waals surface area contributed by atoms with Crippen molar-refractivity contribution in [1.82, 2.24) is 0 Å². The van der Waals surface area contributed by atoms with Crippen LogP contribution < -0.4 is 0 Å². The third kappa shape index (κ3) is 1.71. The molecule has 4 heteroatoms. The van der Waals surface area contributed by atoms with E-state index in [1.807, 2.05) is 6.07 Å². The van der Waals surface area contributed by atoms with Gasteiger partial charge in [0.25, 0.3) is 0 Å². The molecule has 1 aliphatic rings. The Hall–Kier alpha value is -0.700. The van der Waals surface area contributed by atoms with Gasteiger partial charge in [0.15, 0.2) is 4.87 Å². The first-order chi connectivity index (χ1) is 7.34. The number of alkyl halides is 4. The fourth-order valence-electron chi connectivity index (χ4n) is 2.23. The van der Waals surface area contributed by atoms with Crippen LogP contribution in [0.4, 0.5) is 13.2 Å². The molecule has 0 bridgehead atoms. The van der Waals surface area contributed by atoms with Gasteiger partial charge in [-0.2, -0.15) is 13.2 Å². The summed E-state index contributed by atoms with van der Waals surface area (Å²) >= 11 is 5.83. The monoisotopic (exact) mass is 248 g/mol. The molecular weight excluding hydrogens is 237 g/mol. The summed E-state index contributed by atoms with van der Waals surface area (Å²) in [5.74, 6) is 0. The van der Waals surface area contributed by atoms with Crippen molar-refractivity contribution in [1.29, 1.82) is 0 Å². The van der Waals surface area contributed by atoms with E-state index in [2.05, 4.69) is 0 Å². The van der Waals surface area contributed by atoms with Gasteiger partial charge in [-0.15, -0.1) is 11.6 Å². The number of hydrogen-bond donors (Lipinski definition) is 0. The molecule has 0 spiro atoms. The van der Waals surface area contributed by atoms with Crippen LogP contribution in [-0.2, 0) is 11.3 Å². The topological polar surface area (TPSA) is 0 Å². The second-order valence-corrected chi connectivity index (χ2v) is 4.96. The largest absolute Gasteiger partial charge is 0.411 e. The maximum Gasteiger partial charge on any atom is 0.411 e. The molecule has 0 saturated carbocycles. The first kappa shape index (κ1) is 11.8. The Kier molecular flexibility index (Phi) is 2.69. The Bertz CT molecular complexity index is 411. The van der Waals surface area contributed by atoms with Crippen LogP contribution in [0.15, 0.2) is 18.2 Å². The van der Waals surface area contributed by atoms with Crippen LogP contribution in [0.2, 0.25) is 0 Å². The second kappa shape index (κ2) is 3.66. The van der Waals surface area contributed by atoms with Crippen LogP contribution >= 0.6 is 11.6 Å². The Balaban J connectivity index is 2.59. The number of aryl methyl sites for hydroxylation is 2. The van der Waals surface area contributed by atoms with Gasteiger partial charge in [-0.25, -0.2) is 0 Å². The lowest BCUT2D eigenvalue weighted by Gasteiger charge is -2.35. The molecule has 0 fully saturated rings. The molecule has 2 rings (SSSR count). The van der Waals surface area contributed by atoms with E-state index in [1.54, 1.807) is 19.1 Å². The smallest absolute Gasteiger partial charge is 0.169 e. The Morgan fingerprint density at radius 3 is 2.62 bits per heavy atom. The zero-order valence-electron chi connectivity index (χ0n) is 8.87. The zero-order valence-corrected chi connectivity index (χ0v) is 9.62. The van der Waals surface area contributed by atoms with Gasteiger partial charge in [0.1, 0.15) is 0 Å². The molecular formula is C12H12ClF3. The van der Waals surface area contributed by atoms with Gasteiger partial charge in [0.2, 0.25) is 0 Å². The minimum absolute atomic E-state index is 0.0332. The maximum atomic E-state index is 13.0. The van der Waals surface area contributed by atoms with Crippen LogP contribution in [0.5, 0.6) is 0 Å². The van der Waals surface area contributed by atoms with Gasteiger partial charge in [-0.05, 0) is 37.3 Å². The molecule has 0 aromatic heterocycles. The standard InChI is InChI=1S/C12H12ClF3/c1-8-4-5-9-3-2-6-11(13,10(9)7-8)12(14,15)16/h4-5,7H,2-3,6H2,1H3. The number of hydrogen-bond acceptors (Lipinski definition) is 0. The molecule has 0 amide bonds. The number of halogens is 4. The third-order valence-electron chi connectivity index (χ3n) is 3.11. The van der Waals surface area contributed by atoms with Crippen molar-refractivity contribution >= 4 is 11.6 Å². The highest BCUT2D eigenvalue weighted by atomic mass is 35.5. The molecule has 1 aromatic rings. The Morgan fingerprint density at radius 1 is 1.31 bits per heavy atom. The summed E-state index contributed by atoms with van der Waals surface area (Å²) in [7, 11) is 0. The van der Waals surface area contributed by atoms with Gasteiger partial charge >= 0.3 is 6.18 Å². The molecule has 0 radical (unpaired) electrons. The van der Waals surface area contributed by atoms with E-state index < -0.39 is 11.1 Å². The average molecular weight is 249 g/mol. The molecule has 16 heavy (non-hydrogen) atoms. The number of benzene rings is 1. The van der Waals surface area contributed by atoms with Crippen LogP contribution in [0, 0.1) is 6.92 Å². The van der Waals surface area contributed by atoms with E-state index in [1.165, 1.54) is 0 Å². The molecule has 0 aliphatic heterocycles. The lowest BCUT2D eigenvalue weighted by molar-refractivity contribution is -0.168. The summed E-state index contributed by atoms with van der Waals surface area (Å²) in [6.45, 7) is 1.78. The van der Waals surface area contributed by atoms with Crippen LogP contribution in [0.3, 0.4) is 0 Å². The molecule has 88 valence electrons. The fraction of sp³-hybridized carbons (Fsp3) is 0.500. The summed E-state index contributed by atoms with van der Waals surface area (Å²) in [5, 5.41) is 0. The Morgan fingerprint density at radius 2 is 2.00 bits per heavy atom. The van der Waals surface area contributed by atoms with Crippen molar-refractivity contribution in [2.24, 2.45) is 0 Å². The highest BCUT2D eigenvalue weighted by Gasteiger charge is 2.56. The average Bonchev–Trinajstić information content (AvgIpc) is 2.18. The molecule has 1 aliphatic carbocycles. The normalized spacial score (nSPS) is 25.3. The summed E-state index contributed by atoms with van der Waals surface area (Å²) in [5.41, 5.74) is 1.78. The van der Waals surface area contributed by atoms with Crippen LogP contribution in [0.25, 0.3) is 0 Å².